The summed E-state index contributed by atoms with van der Waals surface area (Å²) < 4.78 is 7.01. The molecule has 0 spiro atoms. The number of nitrogens with one attached hydrogen (secondary N) is 1. The third-order valence-electron chi connectivity index (χ3n) is 4.82. The van der Waals surface area contributed by atoms with E-state index in [1.807, 2.05) is 35.8 Å². The van der Waals surface area contributed by atoms with E-state index in [2.05, 4.69) is 15.5 Å². The standard InChI is InChI=1S/C22H24ClN5O4S2/c1-4-28-15(10-13-6-8-14(23)9-7-13)26-27-22(28)33-11-16(29)25-20-17(21(31)32-5-2)12(3)18(34-20)19(24)30/h6-9H,4-5,10-11H2,1-3H3,(H2,24,30)(H,25,29). The number of esters is 1. The first kappa shape index (κ1) is 25.7. The molecule has 0 radical (unpaired) electrons. The fraction of sp³-hybridized carbons (Fsp3) is 0.318. The fourth-order valence-electron chi connectivity index (χ4n) is 3.24. The van der Waals surface area contributed by atoms with E-state index < -0.39 is 11.9 Å². The average Bonchev–Trinajstić information content (AvgIpc) is 3.33. The number of nitrogens with two attached hydrogens (primary N) is 1. The summed E-state index contributed by atoms with van der Waals surface area (Å²) in [6.45, 7) is 6.05. The number of ether oxygens (including phenoxy) is 1. The predicted octanol–water partition coefficient (Wildman–Crippen LogP) is 3.92. The Kier molecular flexibility index (Phi) is 8.70. The minimum Gasteiger partial charge on any atom is -0.462 e. The van der Waals surface area contributed by atoms with E-state index in [-0.39, 0.29) is 33.7 Å². The number of hydrogen-bond acceptors (Lipinski definition) is 8. The van der Waals surface area contributed by atoms with Gasteiger partial charge in [-0.15, -0.1) is 21.5 Å². The van der Waals surface area contributed by atoms with Crippen molar-refractivity contribution in [3.8, 4) is 0 Å². The van der Waals surface area contributed by atoms with E-state index in [0.29, 0.717) is 28.7 Å². The van der Waals surface area contributed by atoms with E-state index >= 15 is 0 Å². The second-order valence-electron chi connectivity index (χ2n) is 7.13. The Morgan fingerprint density at radius 3 is 2.53 bits per heavy atom. The van der Waals surface area contributed by atoms with Crippen LogP contribution in [-0.4, -0.2) is 44.9 Å². The summed E-state index contributed by atoms with van der Waals surface area (Å²) in [6.07, 6.45) is 0.581. The van der Waals surface area contributed by atoms with Crippen LogP contribution in [0.15, 0.2) is 29.4 Å². The van der Waals surface area contributed by atoms with Crippen molar-refractivity contribution >= 4 is 57.5 Å². The Balaban J connectivity index is 1.71. The number of nitrogens with zero attached hydrogens (tertiary/aromatic N) is 3. The van der Waals surface area contributed by atoms with Crippen molar-refractivity contribution < 1.29 is 19.1 Å². The third-order valence-corrected chi connectivity index (χ3v) is 7.26. The lowest BCUT2D eigenvalue weighted by atomic mass is 10.1. The summed E-state index contributed by atoms with van der Waals surface area (Å²) in [5.41, 5.74) is 6.98. The molecule has 0 atom stereocenters. The van der Waals surface area contributed by atoms with Crippen molar-refractivity contribution in [2.45, 2.75) is 38.9 Å². The molecule has 0 saturated carbocycles. The highest BCUT2D eigenvalue weighted by atomic mass is 35.5. The van der Waals surface area contributed by atoms with Crippen LogP contribution in [0.5, 0.6) is 0 Å². The van der Waals surface area contributed by atoms with Crippen molar-refractivity contribution in [3.63, 3.8) is 0 Å². The average molecular weight is 522 g/mol. The van der Waals surface area contributed by atoms with Gasteiger partial charge in [-0.05, 0) is 44.0 Å². The van der Waals surface area contributed by atoms with Crippen LogP contribution in [0.25, 0.3) is 0 Å². The molecule has 0 aliphatic carbocycles. The maximum atomic E-state index is 12.7. The first-order valence-corrected chi connectivity index (χ1v) is 12.6. The second-order valence-corrected chi connectivity index (χ2v) is 9.53. The molecule has 9 nitrogen and oxygen atoms in total. The molecule has 180 valence electrons. The zero-order chi connectivity index (χ0) is 24.8. The van der Waals surface area contributed by atoms with Gasteiger partial charge in [0, 0.05) is 18.0 Å². The molecule has 0 aliphatic rings. The summed E-state index contributed by atoms with van der Waals surface area (Å²) in [6, 6.07) is 7.51. The quantitative estimate of drug-likeness (QED) is 0.305. The Morgan fingerprint density at radius 1 is 1.21 bits per heavy atom. The van der Waals surface area contributed by atoms with E-state index in [0.717, 1.165) is 22.7 Å². The number of benzene rings is 1. The molecule has 0 unspecified atom stereocenters. The normalized spacial score (nSPS) is 10.8. The molecule has 0 aliphatic heterocycles. The first-order chi connectivity index (χ1) is 16.2. The molecule has 34 heavy (non-hydrogen) atoms. The lowest BCUT2D eigenvalue weighted by Gasteiger charge is -2.09. The van der Waals surface area contributed by atoms with Crippen LogP contribution < -0.4 is 11.1 Å². The Morgan fingerprint density at radius 2 is 1.91 bits per heavy atom. The second kappa shape index (κ2) is 11.5. The van der Waals surface area contributed by atoms with Gasteiger partial charge in [0.25, 0.3) is 5.91 Å². The van der Waals surface area contributed by atoms with Gasteiger partial charge in [0.05, 0.1) is 22.8 Å². The molecule has 0 fully saturated rings. The van der Waals surface area contributed by atoms with E-state index in [1.54, 1.807) is 13.8 Å². The minimum absolute atomic E-state index is 0.0319. The highest BCUT2D eigenvalue weighted by Gasteiger charge is 2.26. The van der Waals surface area contributed by atoms with Crippen molar-refractivity contribution in [2.75, 3.05) is 17.7 Å². The summed E-state index contributed by atoms with van der Waals surface area (Å²) in [5, 5.41) is 12.7. The molecule has 3 N–H and O–H groups in total. The zero-order valence-electron chi connectivity index (χ0n) is 18.9. The lowest BCUT2D eigenvalue weighted by molar-refractivity contribution is -0.113. The number of thiophene rings is 1. The monoisotopic (exact) mass is 521 g/mol. The van der Waals surface area contributed by atoms with E-state index in [9.17, 15) is 14.4 Å². The molecule has 12 heteroatoms. The van der Waals surface area contributed by atoms with Crippen LogP contribution in [0.1, 0.15) is 50.8 Å². The number of halogens is 1. The molecule has 0 saturated heterocycles. The van der Waals surface area contributed by atoms with Gasteiger partial charge in [-0.2, -0.15) is 0 Å². The van der Waals surface area contributed by atoms with Gasteiger partial charge in [0.15, 0.2) is 5.16 Å². The van der Waals surface area contributed by atoms with Crippen LogP contribution in [0.2, 0.25) is 5.02 Å². The fourth-order valence-corrected chi connectivity index (χ4v) is 5.25. The smallest absolute Gasteiger partial charge is 0.341 e. The van der Waals surface area contributed by atoms with Gasteiger partial charge in [-0.25, -0.2) is 4.79 Å². The van der Waals surface area contributed by atoms with Gasteiger partial charge < -0.3 is 20.4 Å². The largest absolute Gasteiger partial charge is 0.462 e. The number of carbonyl (C=O) groups excluding carboxylic acids is 3. The van der Waals surface area contributed by atoms with Gasteiger partial charge in [-0.3, -0.25) is 9.59 Å². The number of anilines is 1. The maximum absolute atomic E-state index is 12.7. The first-order valence-electron chi connectivity index (χ1n) is 10.4. The molecule has 2 heterocycles. The van der Waals surface area contributed by atoms with Crippen LogP contribution in [0.3, 0.4) is 0 Å². The molecule has 3 aromatic rings. The third kappa shape index (κ3) is 5.96. The molecule has 1 aromatic carbocycles. The highest BCUT2D eigenvalue weighted by Crippen LogP contribution is 2.34. The van der Waals surface area contributed by atoms with Crippen LogP contribution in [-0.2, 0) is 22.5 Å². The van der Waals surface area contributed by atoms with Crippen LogP contribution >= 0.6 is 34.7 Å². The van der Waals surface area contributed by atoms with Gasteiger partial charge in [0.2, 0.25) is 5.91 Å². The van der Waals surface area contributed by atoms with Crippen LogP contribution in [0, 0.1) is 6.92 Å². The van der Waals surface area contributed by atoms with E-state index in [4.69, 9.17) is 22.1 Å². The Hall–Kier alpha value is -2.89. The topological polar surface area (TPSA) is 129 Å². The van der Waals surface area contributed by atoms with Crippen LogP contribution in [0.4, 0.5) is 5.00 Å². The lowest BCUT2D eigenvalue weighted by Crippen LogP contribution is -2.17. The molecular formula is C22H24ClN5O4S2. The van der Waals surface area contributed by atoms with Gasteiger partial charge >= 0.3 is 5.97 Å². The highest BCUT2D eigenvalue weighted by molar-refractivity contribution is 7.99. The SMILES string of the molecule is CCOC(=O)c1c(NC(=O)CSc2nnc(Cc3ccc(Cl)cc3)n2CC)sc(C(N)=O)c1C. The summed E-state index contributed by atoms with van der Waals surface area (Å²) in [7, 11) is 0. The number of primary amides is 1. The van der Waals surface area contributed by atoms with Gasteiger partial charge in [0.1, 0.15) is 10.8 Å². The molecule has 0 bridgehead atoms. The van der Waals surface area contributed by atoms with Gasteiger partial charge in [-0.1, -0.05) is 35.5 Å². The molecule has 3 rings (SSSR count). The van der Waals surface area contributed by atoms with Crippen molar-refractivity contribution in [3.05, 3.63) is 56.7 Å². The number of aromatic nitrogens is 3. The number of carbonyl (C=O) groups is 3. The molecule has 2 aromatic heterocycles. The number of amides is 2. The molecule has 2 amide bonds. The summed E-state index contributed by atoms with van der Waals surface area (Å²) in [4.78, 5) is 37.0. The van der Waals surface area contributed by atoms with E-state index in [1.165, 1.54) is 11.8 Å². The van der Waals surface area contributed by atoms with Crippen molar-refractivity contribution in [1.29, 1.82) is 0 Å². The minimum atomic E-state index is -0.674. The number of hydrogen-bond donors (Lipinski definition) is 2. The zero-order valence-corrected chi connectivity index (χ0v) is 21.3. The summed E-state index contributed by atoms with van der Waals surface area (Å²) in [5.74, 6) is -0.851. The maximum Gasteiger partial charge on any atom is 0.341 e. The Labute approximate surface area is 210 Å². The molecular weight excluding hydrogens is 498 g/mol. The summed E-state index contributed by atoms with van der Waals surface area (Å²) >= 11 is 8.13. The van der Waals surface area contributed by atoms with Crippen molar-refractivity contribution in [1.82, 2.24) is 14.8 Å². The predicted molar refractivity (Wildman–Crippen MR) is 133 cm³/mol. The number of rotatable bonds is 10. The Bertz CT molecular complexity index is 1210. The number of thioether (sulfide) groups is 1. The van der Waals surface area contributed by atoms with Crippen molar-refractivity contribution in [2.24, 2.45) is 5.73 Å².